The van der Waals surface area contributed by atoms with Crippen molar-refractivity contribution in [1.82, 2.24) is 19.9 Å². The fraction of sp³-hybridized carbons (Fsp3) is 0.417. The zero-order chi connectivity index (χ0) is 13.8. The fourth-order valence-corrected chi connectivity index (χ4v) is 1.48. The molecule has 102 valence electrons. The lowest BCUT2D eigenvalue weighted by Gasteiger charge is -2.16. The Kier molecular flexibility index (Phi) is 3.84. The molecule has 0 amide bonds. The fourth-order valence-electron chi connectivity index (χ4n) is 1.48. The van der Waals surface area contributed by atoms with Crippen LogP contribution in [0.25, 0.3) is 0 Å². The lowest BCUT2D eigenvalue weighted by Crippen LogP contribution is -2.20. The molecule has 19 heavy (non-hydrogen) atoms. The molecule has 0 aromatic carbocycles. The van der Waals surface area contributed by atoms with E-state index in [9.17, 15) is 0 Å². The van der Waals surface area contributed by atoms with E-state index in [1.165, 1.54) is 0 Å². The van der Waals surface area contributed by atoms with Gasteiger partial charge in [0, 0.05) is 47.1 Å². The van der Waals surface area contributed by atoms with Crippen LogP contribution in [0.4, 0.5) is 17.8 Å². The predicted octanol–water partition coefficient (Wildman–Crippen LogP) is 0.944. The molecule has 0 spiro atoms. The molecule has 2 rings (SSSR count). The Labute approximate surface area is 112 Å². The van der Waals surface area contributed by atoms with E-state index in [0.717, 1.165) is 5.56 Å². The summed E-state index contributed by atoms with van der Waals surface area (Å²) >= 11 is 0. The van der Waals surface area contributed by atoms with Crippen molar-refractivity contribution in [1.29, 1.82) is 0 Å². The number of H-pyrrole nitrogens is 1. The van der Waals surface area contributed by atoms with Crippen LogP contribution in [0.5, 0.6) is 0 Å². The summed E-state index contributed by atoms with van der Waals surface area (Å²) < 4.78 is 0. The second-order valence-corrected chi connectivity index (χ2v) is 4.62. The van der Waals surface area contributed by atoms with E-state index in [1.54, 1.807) is 0 Å². The van der Waals surface area contributed by atoms with Crippen molar-refractivity contribution in [3.63, 3.8) is 0 Å². The molecule has 0 atom stereocenters. The van der Waals surface area contributed by atoms with Gasteiger partial charge < -0.3 is 20.1 Å². The summed E-state index contributed by atoms with van der Waals surface area (Å²) in [4.78, 5) is 19.8. The van der Waals surface area contributed by atoms with Crippen LogP contribution in [0, 0.1) is 0 Å². The van der Waals surface area contributed by atoms with Gasteiger partial charge in [-0.05, 0) is 11.6 Å². The van der Waals surface area contributed by atoms with Crippen molar-refractivity contribution in [2.45, 2.75) is 6.54 Å². The molecule has 0 saturated heterocycles. The minimum Gasteiger partial charge on any atom is -0.367 e. The third-order valence-corrected chi connectivity index (χ3v) is 2.52. The van der Waals surface area contributed by atoms with Gasteiger partial charge in [0.1, 0.15) is 0 Å². The molecule has 0 fully saturated rings. The third-order valence-electron chi connectivity index (χ3n) is 2.52. The Bertz CT molecular complexity index is 493. The average molecular weight is 261 g/mol. The topological polar surface area (TPSA) is 73.0 Å². The number of hydrogen-bond donors (Lipinski definition) is 2. The third kappa shape index (κ3) is 3.34. The lowest BCUT2D eigenvalue weighted by molar-refractivity contribution is 0.907. The second-order valence-electron chi connectivity index (χ2n) is 4.62. The van der Waals surface area contributed by atoms with Crippen LogP contribution in [0.1, 0.15) is 5.56 Å². The SMILES string of the molecule is CN(C)c1nc(NCc2cc[nH]c2)nc(N(C)C)n1. The van der Waals surface area contributed by atoms with Crippen molar-refractivity contribution in [2.24, 2.45) is 0 Å². The predicted molar refractivity (Wildman–Crippen MR) is 76.6 cm³/mol. The smallest absolute Gasteiger partial charge is 0.231 e. The highest BCUT2D eigenvalue weighted by molar-refractivity contribution is 5.43. The maximum Gasteiger partial charge on any atom is 0.231 e. The van der Waals surface area contributed by atoms with Gasteiger partial charge in [-0.15, -0.1) is 0 Å². The minimum atomic E-state index is 0.573. The van der Waals surface area contributed by atoms with E-state index in [-0.39, 0.29) is 0 Å². The minimum absolute atomic E-state index is 0.573. The van der Waals surface area contributed by atoms with Gasteiger partial charge in [0.15, 0.2) is 0 Å². The zero-order valence-electron chi connectivity index (χ0n) is 11.7. The number of aromatic nitrogens is 4. The van der Waals surface area contributed by atoms with Crippen molar-refractivity contribution >= 4 is 17.8 Å². The molecule has 2 aromatic heterocycles. The first-order valence-electron chi connectivity index (χ1n) is 6.02. The van der Waals surface area contributed by atoms with Gasteiger partial charge >= 0.3 is 0 Å². The summed E-state index contributed by atoms with van der Waals surface area (Å²) in [6, 6.07) is 2.01. The lowest BCUT2D eigenvalue weighted by atomic mass is 10.3. The molecular weight excluding hydrogens is 242 g/mol. The monoisotopic (exact) mass is 261 g/mol. The first kappa shape index (κ1) is 13.1. The highest BCUT2D eigenvalue weighted by Gasteiger charge is 2.09. The highest BCUT2D eigenvalue weighted by Crippen LogP contribution is 2.13. The summed E-state index contributed by atoms with van der Waals surface area (Å²) in [6.07, 6.45) is 3.83. The molecule has 0 aliphatic rings. The summed E-state index contributed by atoms with van der Waals surface area (Å²) in [5, 5.41) is 3.20. The van der Waals surface area contributed by atoms with Gasteiger partial charge in [0.05, 0.1) is 0 Å². The Morgan fingerprint density at radius 3 is 2.16 bits per heavy atom. The molecule has 0 aliphatic heterocycles. The van der Waals surface area contributed by atoms with Crippen molar-refractivity contribution in [2.75, 3.05) is 43.3 Å². The molecule has 2 N–H and O–H groups in total. The van der Waals surface area contributed by atoms with Crippen LogP contribution >= 0.6 is 0 Å². The Morgan fingerprint density at radius 2 is 1.68 bits per heavy atom. The van der Waals surface area contributed by atoms with Crippen LogP contribution in [0.3, 0.4) is 0 Å². The van der Waals surface area contributed by atoms with Gasteiger partial charge in [0.2, 0.25) is 17.8 Å². The van der Waals surface area contributed by atoms with E-state index in [1.807, 2.05) is 56.5 Å². The summed E-state index contributed by atoms with van der Waals surface area (Å²) in [7, 11) is 7.63. The molecule has 2 heterocycles. The summed E-state index contributed by atoms with van der Waals surface area (Å²) in [6.45, 7) is 0.674. The van der Waals surface area contributed by atoms with Crippen LogP contribution in [-0.2, 0) is 6.54 Å². The van der Waals surface area contributed by atoms with Gasteiger partial charge in [-0.3, -0.25) is 0 Å². The van der Waals surface area contributed by atoms with Crippen LogP contribution in [0.2, 0.25) is 0 Å². The molecule has 0 bridgehead atoms. The van der Waals surface area contributed by atoms with E-state index < -0.39 is 0 Å². The standard InChI is InChI=1S/C12H19N7/c1-18(2)11-15-10(16-12(17-11)19(3)4)14-8-9-5-6-13-7-9/h5-7,13H,8H2,1-4H3,(H,14,15,16,17). The van der Waals surface area contributed by atoms with Crippen LogP contribution < -0.4 is 15.1 Å². The Balaban J connectivity index is 2.18. The normalized spacial score (nSPS) is 10.3. The van der Waals surface area contributed by atoms with Crippen LogP contribution in [0.15, 0.2) is 18.5 Å². The Morgan fingerprint density at radius 1 is 1.05 bits per heavy atom. The number of anilines is 3. The quantitative estimate of drug-likeness (QED) is 0.834. The van der Waals surface area contributed by atoms with E-state index in [0.29, 0.717) is 24.4 Å². The zero-order valence-corrected chi connectivity index (χ0v) is 11.7. The van der Waals surface area contributed by atoms with E-state index in [2.05, 4.69) is 25.3 Å². The van der Waals surface area contributed by atoms with Crippen molar-refractivity contribution in [3.05, 3.63) is 24.0 Å². The van der Waals surface area contributed by atoms with Gasteiger partial charge in [-0.25, -0.2) is 0 Å². The molecule has 0 saturated carbocycles. The summed E-state index contributed by atoms with van der Waals surface area (Å²) in [5.41, 5.74) is 1.15. The average Bonchev–Trinajstić information content (AvgIpc) is 2.89. The first-order chi connectivity index (χ1) is 9.06. The molecule has 0 aliphatic carbocycles. The van der Waals surface area contributed by atoms with Crippen molar-refractivity contribution in [3.8, 4) is 0 Å². The Hall–Kier alpha value is -2.31. The van der Waals surface area contributed by atoms with Gasteiger partial charge in [-0.1, -0.05) is 0 Å². The molecule has 7 nitrogen and oxygen atoms in total. The maximum atomic E-state index is 4.37. The number of hydrogen-bond acceptors (Lipinski definition) is 6. The molecule has 0 radical (unpaired) electrons. The summed E-state index contributed by atoms with van der Waals surface area (Å²) in [5.74, 6) is 1.84. The van der Waals surface area contributed by atoms with Crippen molar-refractivity contribution < 1.29 is 0 Å². The number of rotatable bonds is 5. The van der Waals surface area contributed by atoms with Gasteiger partial charge in [0.25, 0.3) is 0 Å². The largest absolute Gasteiger partial charge is 0.367 e. The first-order valence-corrected chi connectivity index (χ1v) is 6.02. The molecule has 7 heteroatoms. The van der Waals surface area contributed by atoms with E-state index in [4.69, 9.17) is 0 Å². The number of nitrogens with one attached hydrogen (secondary N) is 2. The number of nitrogens with zero attached hydrogens (tertiary/aromatic N) is 5. The van der Waals surface area contributed by atoms with Crippen LogP contribution in [-0.4, -0.2) is 48.1 Å². The molecule has 0 unspecified atom stereocenters. The maximum absolute atomic E-state index is 4.37. The highest BCUT2D eigenvalue weighted by atomic mass is 15.3. The molecule has 2 aromatic rings. The molecular formula is C12H19N7. The van der Waals surface area contributed by atoms with Gasteiger partial charge in [-0.2, -0.15) is 15.0 Å². The second kappa shape index (κ2) is 5.55. The number of aromatic amines is 1. The van der Waals surface area contributed by atoms with E-state index >= 15 is 0 Å².